The molecular weight excluding hydrogens is 610 g/mol. The maximum atomic E-state index is 14.4. The molecule has 1 saturated carbocycles. The van der Waals surface area contributed by atoms with Crippen LogP contribution in [-0.4, -0.2) is 83.6 Å². The van der Waals surface area contributed by atoms with E-state index in [1.807, 2.05) is 48.5 Å². The summed E-state index contributed by atoms with van der Waals surface area (Å²) in [6.45, 7) is 18.5. The zero-order valence-electron chi connectivity index (χ0n) is 29.7. The number of Topliss-reactive ketones (excluding diaryl/α,β-unsaturated/α-hetero) is 1. The predicted octanol–water partition coefficient (Wildman–Crippen LogP) is 3.22. The van der Waals surface area contributed by atoms with Gasteiger partial charge < -0.3 is 26.6 Å². The van der Waals surface area contributed by atoms with Gasteiger partial charge in [-0.1, -0.05) is 74.1 Å². The van der Waals surface area contributed by atoms with Gasteiger partial charge in [-0.3, -0.25) is 19.2 Å². The molecule has 46 heavy (non-hydrogen) atoms. The molecule has 0 radical (unpaired) electrons. The van der Waals surface area contributed by atoms with Crippen molar-refractivity contribution in [2.75, 3.05) is 12.3 Å². The van der Waals surface area contributed by atoms with E-state index in [1.165, 1.54) is 4.90 Å². The second-order valence-corrected chi connectivity index (χ2v) is 19.0. The summed E-state index contributed by atoms with van der Waals surface area (Å²) in [5.41, 5.74) is 3.16. The standard InChI is InChI=1S/C33H59N5O7S/c1-11-15-22(24(39)26(34)40)35-27(41)23-18-32(9,10)21(2)19-38(23)28(42)25(30(3,4)5)36-29(43)37-33(16-13-12-14-17-33)20-46(44,45)31(6,7)8/h21-23,25H,11-20H2,1-10H3,(H2,34,40)(H,35,41)(H2,36,37,43)/t21?,22?,23-,25+/m0/s1. The molecule has 2 fully saturated rings. The average molecular weight is 670 g/mol. The molecule has 0 aromatic rings. The van der Waals surface area contributed by atoms with Gasteiger partial charge in [-0.15, -0.1) is 0 Å². The van der Waals surface area contributed by atoms with Crippen LogP contribution in [0.25, 0.3) is 0 Å². The number of hydrogen-bond acceptors (Lipinski definition) is 7. The Morgan fingerprint density at radius 2 is 1.52 bits per heavy atom. The monoisotopic (exact) mass is 669 g/mol. The fourth-order valence-electron chi connectivity index (χ4n) is 6.29. The quantitative estimate of drug-likeness (QED) is 0.243. The van der Waals surface area contributed by atoms with Gasteiger partial charge in [0, 0.05) is 6.54 Å². The molecule has 2 aliphatic rings. The zero-order valence-corrected chi connectivity index (χ0v) is 30.5. The van der Waals surface area contributed by atoms with Gasteiger partial charge in [-0.2, -0.15) is 0 Å². The Morgan fingerprint density at radius 3 is 2.00 bits per heavy atom. The Labute approximate surface area is 276 Å². The van der Waals surface area contributed by atoms with Crippen molar-refractivity contribution in [3.8, 4) is 0 Å². The van der Waals surface area contributed by atoms with E-state index in [9.17, 15) is 32.4 Å². The highest BCUT2D eigenvalue weighted by Crippen LogP contribution is 2.40. The molecule has 2 rings (SSSR count). The second-order valence-electron chi connectivity index (χ2n) is 16.3. The Morgan fingerprint density at radius 1 is 0.957 bits per heavy atom. The maximum absolute atomic E-state index is 14.4. The van der Waals surface area contributed by atoms with E-state index in [4.69, 9.17) is 5.73 Å². The van der Waals surface area contributed by atoms with Crippen LogP contribution in [-0.2, 0) is 29.0 Å². The second kappa shape index (κ2) is 14.6. The van der Waals surface area contributed by atoms with E-state index < -0.39 is 73.2 Å². The number of ketones is 1. The highest BCUT2D eigenvalue weighted by molar-refractivity contribution is 7.92. The number of piperidine rings is 1. The summed E-state index contributed by atoms with van der Waals surface area (Å²) in [5.74, 6) is -3.26. The Kier molecular flexibility index (Phi) is 12.5. The number of nitrogens with one attached hydrogen (secondary N) is 3. The number of carbonyl (C=O) groups excluding carboxylic acids is 5. The van der Waals surface area contributed by atoms with E-state index in [1.54, 1.807) is 20.8 Å². The minimum Gasteiger partial charge on any atom is -0.363 e. The van der Waals surface area contributed by atoms with Gasteiger partial charge >= 0.3 is 6.03 Å². The minimum atomic E-state index is -3.57. The van der Waals surface area contributed by atoms with Gasteiger partial charge in [-0.25, -0.2) is 13.2 Å². The normalized spacial score (nSPS) is 23.0. The molecule has 0 bridgehead atoms. The third-order valence-corrected chi connectivity index (χ3v) is 12.7. The summed E-state index contributed by atoms with van der Waals surface area (Å²) in [5, 5.41) is 8.51. The van der Waals surface area contributed by atoms with E-state index in [0.717, 1.165) is 19.3 Å². The number of carbonyl (C=O) groups is 5. The Hall–Kier alpha value is -2.70. The lowest BCUT2D eigenvalue weighted by Gasteiger charge is -2.49. The van der Waals surface area contributed by atoms with Crippen LogP contribution in [0.4, 0.5) is 4.79 Å². The van der Waals surface area contributed by atoms with Crippen LogP contribution in [0.3, 0.4) is 0 Å². The van der Waals surface area contributed by atoms with Crippen LogP contribution in [0.5, 0.6) is 0 Å². The fourth-order valence-corrected chi connectivity index (χ4v) is 7.81. The summed E-state index contributed by atoms with van der Waals surface area (Å²) in [6, 6.07) is -3.77. The van der Waals surface area contributed by atoms with Crippen LogP contribution in [0.2, 0.25) is 0 Å². The molecule has 264 valence electrons. The topological polar surface area (TPSA) is 185 Å². The first-order chi connectivity index (χ1) is 20.9. The van der Waals surface area contributed by atoms with Crippen molar-refractivity contribution in [2.24, 2.45) is 22.5 Å². The molecule has 4 atom stereocenters. The van der Waals surface area contributed by atoms with Gasteiger partial charge in [0.25, 0.3) is 5.91 Å². The number of likely N-dealkylation sites (tertiary alicyclic amines) is 1. The molecular formula is C33H59N5O7S. The van der Waals surface area contributed by atoms with E-state index in [0.29, 0.717) is 25.7 Å². The SMILES string of the molecule is CCCC(NC(=O)[C@@H]1CC(C)(C)C(C)CN1C(=O)[C@@H](NC(=O)NC1(CS(=O)(=O)C(C)(C)C)CCCCC1)C(C)(C)C)C(=O)C(N)=O. The molecule has 5 N–H and O–H groups in total. The molecule has 13 heteroatoms. The minimum absolute atomic E-state index is 0.00162. The Balaban J connectivity index is 2.41. The lowest BCUT2D eigenvalue weighted by atomic mass is 9.71. The van der Waals surface area contributed by atoms with E-state index in [2.05, 4.69) is 16.0 Å². The van der Waals surface area contributed by atoms with Crippen molar-refractivity contribution in [2.45, 2.75) is 149 Å². The number of nitrogens with two attached hydrogens (primary N) is 1. The largest absolute Gasteiger partial charge is 0.363 e. The smallest absolute Gasteiger partial charge is 0.315 e. The van der Waals surface area contributed by atoms with Crippen LogP contribution < -0.4 is 21.7 Å². The third-order valence-electron chi connectivity index (χ3n) is 9.92. The van der Waals surface area contributed by atoms with E-state index >= 15 is 0 Å². The van der Waals surface area contributed by atoms with Gasteiger partial charge in [0.2, 0.25) is 17.6 Å². The van der Waals surface area contributed by atoms with Crippen molar-refractivity contribution >= 4 is 39.4 Å². The molecule has 5 amide bonds. The van der Waals surface area contributed by atoms with Crippen LogP contribution in [0.15, 0.2) is 0 Å². The number of urea groups is 1. The summed E-state index contributed by atoms with van der Waals surface area (Å²) in [4.78, 5) is 67.5. The van der Waals surface area contributed by atoms with Crippen LogP contribution >= 0.6 is 0 Å². The van der Waals surface area contributed by atoms with Gasteiger partial charge in [0.1, 0.15) is 12.1 Å². The number of nitrogens with zero attached hydrogens (tertiary/aromatic N) is 1. The van der Waals surface area contributed by atoms with E-state index in [-0.39, 0.29) is 30.1 Å². The first kappa shape index (κ1) is 39.5. The summed E-state index contributed by atoms with van der Waals surface area (Å²) in [6.07, 6.45) is 4.54. The molecule has 0 spiro atoms. The first-order valence-electron chi connectivity index (χ1n) is 16.6. The summed E-state index contributed by atoms with van der Waals surface area (Å²) < 4.78 is 25.5. The number of hydrogen-bond donors (Lipinski definition) is 4. The average Bonchev–Trinajstić information content (AvgIpc) is 2.90. The molecule has 12 nitrogen and oxygen atoms in total. The van der Waals surface area contributed by atoms with Crippen molar-refractivity contribution in [3.05, 3.63) is 0 Å². The van der Waals surface area contributed by atoms with Crippen LogP contribution in [0.1, 0.15) is 121 Å². The highest BCUT2D eigenvalue weighted by Gasteiger charge is 2.48. The molecule has 1 saturated heterocycles. The maximum Gasteiger partial charge on any atom is 0.315 e. The van der Waals surface area contributed by atoms with Gasteiger partial charge in [-0.05, 0) is 63.2 Å². The lowest BCUT2D eigenvalue weighted by molar-refractivity contribution is -0.151. The number of amides is 5. The summed E-state index contributed by atoms with van der Waals surface area (Å²) in [7, 11) is -3.57. The van der Waals surface area contributed by atoms with Crippen molar-refractivity contribution in [1.29, 1.82) is 0 Å². The van der Waals surface area contributed by atoms with Crippen LogP contribution in [0, 0.1) is 16.7 Å². The molecule has 1 aliphatic heterocycles. The molecule has 1 aliphatic carbocycles. The first-order valence-corrected chi connectivity index (χ1v) is 18.3. The third kappa shape index (κ3) is 9.67. The van der Waals surface area contributed by atoms with Crippen molar-refractivity contribution < 1.29 is 32.4 Å². The number of primary amides is 1. The molecule has 1 heterocycles. The molecule has 0 aromatic carbocycles. The van der Waals surface area contributed by atoms with Crippen molar-refractivity contribution in [1.82, 2.24) is 20.9 Å². The molecule has 2 unspecified atom stereocenters. The highest BCUT2D eigenvalue weighted by atomic mass is 32.2. The van der Waals surface area contributed by atoms with Gasteiger partial charge in [0.05, 0.1) is 22.1 Å². The predicted molar refractivity (Wildman–Crippen MR) is 178 cm³/mol. The zero-order chi connectivity index (χ0) is 35.5. The Bertz CT molecular complexity index is 1260. The van der Waals surface area contributed by atoms with Gasteiger partial charge in [0.15, 0.2) is 9.84 Å². The molecule has 0 aromatic heterocycles. The lowest BCUT2D eigenvalue weighted by Crippen LogP contribution is -2.66. The fraction of sp³-hybridized carbons (Fsp3) is 0.848. The number of sulfone groups is 1. The summed E-state index contributed by atoms with van der Waals surface area (Å²) >= 11 is 0. The van der Waals surface area contributed by atoms with Crippen molar-refractivity contribution in [3.63, 3.8) is 0 Å². The number of rotatable bonds is 11.